The summed E-state index contributed by atoms with van der Waals surface area (Å²) in [5.74, 6) is 0.943. The van der Waals surface area contributed by atoms with Crippen molar-refractivity contribution in [2.45, 2.75) is 57.4 Å². The molecule has 2 aliphatic carbocycles. The maximum Gasteiger partial charge on any atom is 0.0558 e. The molecule has 0 bridgehead atoms. The fourth-order valence-corrected chi connectivity index (χ4v) is 3.00. The Kier molecular flexibility index (Phi) is 4.45. The molecule has 0 amide bonds. The van der Waals surface area contributed by atoms with Crippen LogP contribution in [0.1, 0.15) is 51.4 Å². The third-order valence-corrected chi connectivity index (χ3v) is 4.20. The van der Waals surface area contributed by atoms with Crippen LogP contribution in [0.3, 0.4) is 0 Å². The molecule has 2 heteroatoms. The summed E-state index contributed by atoms with van der Waals surface area (Å²) in [6.07, 6.45) is 11.2. The van der Waals surface area contributed by atoms with Gasteiger partial charge in [0.05, 0.1) is 6.61 Å². The van der Waals surface area contributed by atoms with Crippen molar-refractivity contribution in [1.29, 1.82) is 0 Å². The Morgan fingerprint density at radius 3 is 2.20 bits per heavy atom. The zero-order valence-corrected chi connectivity index (χ0v) is 9.83. The highest BCUT2D eigenvalue weighted by Crippen LogP contribution is 2.30. The lowest BCUT2D eigenvalue weighted by molar-refractivity contribution is 0.0874. The number of rotatable bonds is 5. The van der Waals surface area contributed by atoms with E-state index < -0.39 is 0 Å². The Labute approximate surface area is 93.7 Å². The third-order valence-electron chi connectivity index (χ3n) is 4.20. The van der Waals surface area contributed by atoms with E-state index in [1.165, 1.54) is 57.9 Å². The minimum absolute atomic E-state index is 0.337. The van der Waals surface area contributed by atoms with Gasteiger partial charge in [-0.05, 0) is 31.6 Å². The van der Waals surface area contributed by atoms with Crippen LogP contribution in [0, 0.1) is 5.92 Å². The predicted octanol–water partition coefficient (Wildman–Crippen LogP) is 2.41. The highest BCUT2D eigenvalue weighted by molar-refractivity contribution is 4.80. The largest absolute Gasteiger partial charge is 0.395 e. The van der Waals surface area contributed by atoms with Gasteiger partial charge in [0.15, 0.2) is 0 Å². The first-order valence-electron chi connectivity index (χ1n) is 6.75. The van der Waals surface area contributed by atoms with E-state index in [-0.39, 0.29) is 0 Å². The van der Waals surface area contributed by atoms with Crippen LogP contribution >= 0.6 is 0 Å². The average molecular weight is 211 g/mol. The van der Waals surface area contributed by atoms with Gasteiger partial charge in [-0.1, -0.05) is 25.7 Å². The summed E-state index contributed by atoms with van der Waals surface area (Å²) < 4.78 is 0. The molecular weight excluding hydrogens is 186 g/mol. The molecule has 2 nitrogen and oxygen atoms in total. The molecule has 0 spiro atoms. The van der Waals surface area contributed by atoms with Crippen molar-refractivity contribution in [3.8, 4) is 0 Å². The standard InChI is InChI=1S/C13H25NO/c15-10-9-14(11-12-5-4-6-12)13-7-2-1-3-8-13/h12-13,15H,1-11H2. The second-order valence-electron chi connectivity index (χ2n) is 5.31. The van der Waals surface area contributed by atoms with Crippen LogP contribution in [-0.4, -0.2) is 35.7 Å². The van der Waals surface area contributed by atoms with Crippen LogP contribution in [0.15, 0.2) is 0 Å². The summed E-state index contributed by atoms with van der Waals surface area (Å²) in [4.78, 5) is 2.57. The van der Waals surface area contributed by atoms with Crippen LogP contribution in [0.4, 0.5) is 0 Å². The first-order valence-corrected chi connectivity index (χ1v) is 6.75. The van der Waals surface area contributed by atoms with Gasteiger partial charge in [0.1, 0.15) is 0 Å². The summed E-state index contributed by atoms with van der Waals surface area (Å²) in [6, 6.07) is 0.784. The lowest BCUT2D eigenvalue weighted by Gasteiger charge is -2.38. The molecule has 1 N–H and O–H groups in total. The van der Waals surface area contributed by atoms with Crippen molar-refractivity contribution in [1.82, 2.24) is 4.90 Å². The van der Waals surface area contributed by atoms with E-state index in [1.54, 1.807) is 0 Å². The minimum atomic E-state index is 0.337. The Morgan fingerprint density at radius 2 is 1.67 bits per heavy atom. The van der Waals surface area contributed by atoms with E-state index in [2.05, 4.69) is 4.90 Å². The second-order valence-corrected chi connectivity index (χ2v) is 5.31. The smallest absolute Gasteiger partial charge is 0.0558 e. The SMILES string of the molecule is OCCN(CC1CCC1)C1CCCCC1. The van der Waals surface area contributed by atoms with Crippen molar-refractivity contribution in [3.63, 3.8) is 0 Å². The summed E-state index contributed by atoms with van der Waals surface area (Å²) >= 11 is 0. The van der Waals surface area contributed by atoms with Gasteiger partial charge < -0.3 is 5.11 Å². The zero-order valence-electron chi connectivity index (χ0n) is 9.83. The molecule has 0 saturated heterocycles. The molecule has 2 aliphatic rings. The van der Waals surface area contributed by atoms with E-state index in [0.717, 1.165) is 18.5 Å². The lowest BCUT2D eigenvalue weighted by Crippen LogP contribution is -2.42. The number of hydrogen-bond acceptors (Lipinski definition) is 2. The van der Waals surface area contributed by atoms with Gasteiger partial charge in [-0.15, -0.1) is 0 Å². The fraction of sp³-hybridized carbons (Fsp3) is 1.00. The summed E-state index contributed by atoms with van der Waals surface area (Å²) in [6.45, 7) is 2.50. The van der Waals surface area contributed by atoms with Gasteiger partial charge in [-0.2, -0.15) is 0 Å². The molecule has 0 aromatic rings. The second kappa shape index (κ2) is 5.86. The molecule has 0 aromatic heterocycles. The van der Waals surface area contributed by atoms with Crippen molar-refractivity contribution >= 4 is 0 Å². The molecule has 2 fully saturated rings. The highest BCUT2D eigenvalue weighted by Gasteiger charge is 2.25. The highest BCUT2D eigenvalue weighted by atomic mass is 16.3. The van der Waals surface area contributed by atoms with Crippen LogP contribution in [0.5, 0.6) is 0 Å². The fourth-order valence-electron chi connectivity index (χ4n) is 3.00. The van der Waals surface area contributed by atoms with E-state index in [0.29, 0.717) is 6.61 Å². The molecule has 0 heterocycles. The molecule has 15 heavy (non-hydrogen) atoms. The average Bonchev–Trinajstić information content (AvgIpc) is 2.23. The van der Waals surface area contributed by atoms with Crippen LogP contribution < -0.4 is 0 Å². The molecule has 0 aromatic carbocycles. The van der Waals surface area contributed by atoms with Crippen LogP contribution in [0.2, 0.25) is 0 Å². The van der Waals surface area contributed by atoms with Gasteiger partial charge in [0, 0.05) is 19.1 Å². The monoisotopic (exact) mass is 211 g/mol. The van der Waals surface area contributed by atoms with Crippen molar-refractivity contribution in [3.05, 3.63) is 0 Å². The number of aliphatic hydroxyl groups is 1. The van der Waals surface area contributed by atoms with E-state index in [1.807, 2.05) is 0 Å². The Morgan fingerprint density at radius 1 is 0.933 bits per heavy atom. The Hall–Kier alpha value is -0.0800. The maximum absolute atomic E-state index is 9.13. The van der Waals surface area contributed by atoms with Crippen LogP contribution in [0.25, 0.3) is 0 Å². The van der Waals surface area contributed by atoms with Crippen molar-refractivity contribution < 1.29 is 5.11 Å². The van der Waals surface area contributed by atoms with E-state index >= 15 is 0 Å². The van der Waals surface area contributed by atoms with Gasteiger partial charge in [-0.3, -0.25) is 4.90 Å². The lowest BCUT2D eigenvalue weighted by atomic mass is 9.84. The topological polar surface area (TPSA) is 23.5 Å². The van der Waals surface area contributed by atoms with E-state index in [9.17, 15) is 0 Å². The summed E-state index contributed by atoms with van der Waals surface area (Å²) in [7, 11) is 0. The maximum atomic E-state index is 9.13. The third kappa shape index (κ3) is 3.18. The van der Waals surface area contributed by atoms with E-state index in [4.69, 9.17) is 5.11 Å². The first-order chi connectivity index (χ1) is 7.40. The van der Waals surface area contributed by atoms with Gasteiger partial charge >= 0.3 is 0 Å². The molecule has 0 radical (unpaired) electrons. The molecule has 2 saturated carbocycles. The number of nitrogens with zero attached hydrogens (tertiary/aromatic N) is 1. The summed E-state index contributed by atoms with van der Waals surface area (Å²) in [5, 5.41) is 9.13. The number of hydrogen-bond donors (Lipinski definition) is 1. The zero-order chi connectivity index (χ0) is 10.5. The van der Waals surface area contributed by atoms with Crippen molar-refractivity contribution in [2.24, 2.45) is 5.92 Å². The first kappa shape index (κ1) is 11.4. The molecular formula is C13H25NO. The van der Waals surface area contributed by atoms with Gasteiger partial charge in [0.2, 0.25) is 0 Å². The summed E-state index contributed by atoms with van der Waals surface area (Å²) in [5.41, 5.74) is 0. The molecule has 0 unspecified atom stereocenters. The predicted molar refractivity (Wildman–Crippen MR) is 62.9 cm³/mol. The number of aliphatic hydroxyl groups excluding tert-OH is 1. The molecule has 0 aliphatic heterocycles. The normalized spacial score (nSPS) is 24.4. The minimum Gasteiger partial charge on any atom is -0.395 e. The molecule has 88 valence electrons. The molecule has 2 rings (SSSR count). The van der Waals surface area contributed by atoms with Crippen LogP contribution in [-0.2, 0) is 0 Å². The Bertz CT molecular complexity index is 173. The molecule has 0 atom stereocenters. The van der Waals surface area contributed by atoms with Crippen molar-refractivity contribution in [2.75, 3.05) is 19.7 Å². The van der Waals surface area contributed by atoms with Gasteiger partial charge in [0.25, 0.3) is 0 Å². The quantitative estimate of drug-likeness (QED) is 0.755. The van der Waals surface area contributed by atoms with Gasteiger partial charge in [-0.25, -0.2) is 0 Å². The Balaban J connectivity index is 1.79.